The molecule has 5 nitrogen and oxygen atoms in total. The van der Waals surface area contributed by atoms with Crippen LogP contribution in [0.3, 0.4) is 0 Å². The van der Waals surface area contributed by atoms with Crippen molar-refractivity contribution >= 4 is 29.9 Å². The highest BCUT2D eigenvalue weighted by Gasteiger charge is 2.30. The molecule has 3 heterocycles. The largest absolute Gasteiger partial charge is 0.356 e. The van der Waals surface area contributed by atoms with E-state index in [-0.39, 0.29) is 24.0 Å². The summed E-state index contributed by atoms with van der Waals surface area (Å²) in [5.74, 6) is 1.89. The second kappa shape index (κ2) is 9.42. The minimum absolute atomic E-state index is 0. The quantitative estimate of drug-likeness (QED) is 0.416. The van der Waals surface area contributed by atoms with Crippen LogP contribution in [0.2, 0.25) is 0 Å². The van der Waals surface area contributed by atoms with Crippen molar-refractivity contribution in [3.63, 3.8) is 0 Å². The molecule has 0 spiro atoms. The van der Waals surface area contributed by atoms with Gasteiger partial charge in [0.1, 0.15) is 0 Å². The molecule has 0 saturated carbocycles. The first-order valence-corrected chi connectivity index (χ1v) is 9.14. The van der Waals surface area contributed by atoms with Gasteiger partial charge in [-0.3, -0.25) is 9.89 Å². The molecule has 134 valence electrons. The van der Waals surface area contributed by atoms with E-state index in [9.17, 15) is 0 Å². The second-order valence-electron chi connectivity index (χ2n) is 7.33. The fourth-order valence-electron chi connectivity index (χ4n) is 4.35. The van der Waals surface area contributed by atoms with Crippen LogP contribution in [0.5, 0.6) is 0 Å². The van der Waals surface area contributed by atoms with E-state index in [0.29, 0.717) is 0 Å². The zero-order valence-electron chi connectivity index (χ0n) is 14.8. The maximum absolute atomic E-state index is 4.53. The number of guanidine groups is 1. The molecule has 0 radical (unpaired) electrons. The van der Waals surface area contributed by atoms with E-state index >= 15 is 0 Å². The summed E-state index contributed by atoms with van der Waals surface area (Å²) in [6.07, 6.45) is 6.76. The first kappa shape index (κ1) is 19.2. The molecule has 0 aromatic rings. The molecule has 3 fully saturated rings. The van der Waals surface area contributed by atoms with Gasteiger partial charge < -0.3 is 15.1 Å². The minimum atomic E-state index is 0. The Morgan fingerprint density at radius 2 is 1.83 bits per heavy atom. The molecule has 0 amide bonds. The molecule has 0 aromatic heterocycles. The first-order chi connectivity index (χ1) is 10.8. The summed E-state index contributed by atoms with van der Waals surface area (Å²) < 4.78 is 0. The Hall–Kier alpha value is -0.0800. The molecule has 0 bridgehead atoms. The average molecular weight is 435 g/mol. The lowest BCUT2D eigenvalue weighted by molar-refractivity contribution is 0.209. The predicted molar refractivity (Wildman–Crippen MR) is 108 cm³/mol. The van der Waals surface area contributed by atoms with Crippen LogP contribution in [0.25, 0.3) is 0 Å². The van der Waals surface area contributed by atoms with Crippen molar-refractivity contribution in [1.29, 1.82) is 0 Å². The number of hydrogen-bond acceptors (Lipinski definition) is 3. The van der Waals surface area contributed by atoms with Gasteiger partial charge >= 0.3 is 0 Å². The van der Waals surface area contributed by atoms with Crippen molar-refractivity contribution in [1.82, 2.24) is 20.0 Å². The molecule has 2 atom stereocenters. The Morgan fingerprint density at radius 3 is 2.52 bits per heavy atom. The number of aliphatic imine (C=N–C) groups is 1. The molecular formula is C17H34IN5. The Labute approximate surface area is 158 Å². The summed E-state index contributed by atoms with van der Waals surface area (Å²) in [5.41, 5.74) is 0. The number of likely N-dealkylation sites (tertiary alicyclic amines) is 3. The monoisotopic (exact) mass is 435 g/mol. The summed E-state index contributed by atoms with van der Waals surface area (Å²) in [7, 11) is 4.17. The van der Waals surface area contributed by atoms with Crippen LogP contribution in [-0.2, 0) is 0 Å². The van der Waals surface area contributed by atoms with Crippen LogP contribution in [0.4, 0.5) is 0 Å². The third-order valence-corrected chi connectivity index (χ3v) is 5.60. The normalized spacial score (nSPS) is 30.5. The maximum Gasteiger partial charge on any atom is 0.193 e. The lowest BCUT2D eigenvalue weighted by atomic mass is 9.99. The van der Waals surface area contributed by atoms with E-state index in [1.165, 1.54) is 58.3 Å². The fourth-order valence-corrected chi connectivity index (χ4v) is 4.35. The van der Waals surface area contributed by atoms with Gasteiger partial charge in [-0.1, -0.05) is 0 Å². The standard InChI is InChI=1S/C17H33N5.HI/c1-18-17(19-12-15-6-5-8-20(2)13-15)22-11-7-16(14-22)21-9-3-4-10-21;/h15-16H,3-14H2,1-2H3,(H,18,19);1H. The maximum atomic E-state index is 4.53. The number of nitrogens with one attached hydrogen (secondary N) is 1. The third-order valence-electron chi connectivity index (χ3n) is 5.60. The third kappa shape index (κ3) is 5.19. The molecule has 0 aromatic carbocycles. The molecule has 0 aliphatic carbocycles. The summed E-state index contributed by atoms with van der Waals surface area (Å²) in [6, 6.07) is 0.752. The van der Waals surface area contributed by atoms with E-state index in [1.807, 2.05) is 7.05 Å². The van der Waals surface area contributed by atoms with E-state index in [4.69, 9.17) is 0 Å². The SMILES string of the molecule is CN=C(NCC1CCCN(C)C1)N1CCC(N2CCCC2)C1.I. The number of piperidine rings is 1. The van der Waals surface area contributed by atoms with Crippen LogP contribution in [0.1, 0.15) is 32.1 Å². The summed E-state index contributed by atoms with van der Waals surface area (Å²) in [4.78, 5) is 12.1. The van der Waals surface area contributed by atoms with Gasteiger partial charge in [-0.15, -0.1) is 24.0 Å². The van der Waals surface area contributed by atoms with Crippen molar-refractivity contribution < 1.29 is 0 Å². The second-order valence-corrected chi connectivity index (χ2v) is 7.33. The van der Waals surface area contributed by atoms with Crippen molar-refractivity contribution in [3.05, 3.63) is 0 Å². The Kier molecular flexibility index (Phi) is 7.88. The van der Waals surface area contributed by atoms with E-state index in [1.54, 1.807) is 0 Å². The first-order valence-electron chi connectivity index (χ1n) is 9.14. The number of rotatable bonds is 3. The molecule has 3 saturated heterocycles. The van der Waals surface area contributed by atoms with Crippen LogP contribution >= 0.6 is 24.0 Å². The fraction of sp³-hybridized carbons (Fsp3) is 0.941. The van der Waals surface area contributed by atoms with Crippen LogP contribution < -0.4 is 5.32 Å². The van der Waals surface area contributed by atoms with Crippen molar-refractivity contribution in [2.45, 2.75) is 38.1 Å². The average Bonchev–Trinajstić information content (AvgIpc) is 3.19. The van der Waals surface area contributed by atoms with Crippen molar-refractivity contribution in [2.75, 3.05) is 59.9 Å². The predicted octanol–water partition coefficient (Wildman–Crippen LogP) is 1.69. The van der Waals surface area contributed by atoms with E-state index in [2.05, 4.69) is 32.1 Å². The molecule has 1 N–H and O–H groups in total. The van der Waals surface area contributed by atoms with Crippen LogP contribution in [-0.4, -0.2) is 86.6 Å². The van der Waals surface area contributed by atoms with Crippen LogP contribution in [0.15, 0.2) is 4.99 Å². The zero-order valence-corrected chi connectivity index (χ0v) is 17.2. The van der Waals surface area contributed by atoms with Crippen molar-refractivity contribution in [2.24, 2.45) is 10.9 Å². The molecular weight excluding hydrogens is 401 g/mol. The molecule has 3 aliphatic rings. The summed E-state index contributed by atoms with van der Waals surface area (Å²) in [5, 5.41) is 3.64. The molecule has 3 rings (SSSR count). The molecule has 2 unspecified atom stereocenters. The summed E-state index contributed by atoms with van der Waals surface area (Å²) in [6.45, 7) is 8.48. The van der Waals surface area contributed by atoms with E-state index < -0.39 is 0 Å². The van der Waals surface area contributed by atoms with Gasteiger partial charge in [0, 0.05) is 39.3 Å². The molecule has 3 aliphatic heterocycles. The topological polar surface area (TPSA) is 34.1 Å². The lowest BCUT2D eigenvalue weighted by Crippen LogP contribution is -2.46. The number of nitrogens with zero attached hydrogens (tertiary/aromatic N) is 4. The lowest BCUT2D eigenvalue weighted by Gasteiger charge is -2.31. The summed E-state index contributed by atoms with van der Waals surface area (Å²) >= 11 is 0. The number of halogens is 1. The van der Waals surface area contributed by atoms with Gasteiger partial charge in [-0.2, -0.15) is 0 Å². The smallest absolute Gasteiger partial charge is 0.193 e. The van der Waals surface area contributed by atoms with E-state index in [0.717, 1.165) is 37.6 Å². The highest BCUT2D eigenvalue weighted by molar-refractivity contribution is 14.0. The molecule has 23 heavy (non-hydrogen) atoms. The Morgan fingerprint density at radius 1 is 1.04 bits per heavy atom. The zero-order chi connectivity index (χ0) is 15.4. The van der Waals surface area contributed by atoms with Gasteiger partial charge in [-0.05, 0) is 64.7 Å². The van der Waals surface area contributed by atoms with Crippen LogP contribution in [0, 0.1) is 5.92 Å². The van der Waals surface area contributed by atoms with Gasteiger partial charge in [0.15, 0.2) is 5.96 Å². The number of hydrogen-bond donors (Lipinski definition) is 1. The van der Waals surface area contributed by atoms with Gasteiger partial charge in [0.2, 0.25) is 0 Å². The minimum Gasteiger partial charge on any atom is -0.356 e. The van der Waals surface area contributed by atoms with Gasteiger partial charge in [-0.25, -0.2) is 0 Å². The Balaban J connectivity index is 0.00000192. The van der Waals surface area contributed by atoms with Crippen molar-refractivity contribution in [3.8, 4) is 0 Å². The highest BCUT2D eigenvalue weighted by Crippen LogP contribution is 2.20. The molecule has 6 heteroatoms. The highest BCUT2D eigenvalue weighted by atomic mass is 127. The van der Waals surface area contributed by atoms with Gasteiger partial charge in [0.05, 0.1) is 0 Å². The Bertz CT molecular complexity index is 383. The van der Waals surface area contributed by atoms with Gasteiger partial charge in [0.25, 0.3) is 0 Å².